The van der Waals surface area contributed by atoms with Crippen LogP contribution in [0.4, 0.5) is 10.1 Å². The van der Waals surface area contributed by atoms with Gasteiger partial charge in [0.25, 0.3) is 0 Å². The molecule has 0 bridgehead atoms. The predicted octanol–water partition coefficient (Wildman–Crippen LogP) is 3.70. The first-order chi connectivity index (χ1) is 10.0. The van der Waals surface area contributed by atoms with Gasteiger partial charge in [-0.25, -0.2) is 4.39 Å². The Morgan fingerprint density at radius 3 is 2.05 bits per heavy atom. The van der Waals surface area contributed by atoms with Crippen LogP contribution < -0.4 is 4.90 Å². The Balaban J connectivity index is 3.15. The van der Waals surface area contributed by atoms with E-state index in [1.807, 2.05) is 20.8 Å². The number of hydrogen-bond donors (Lipinski definition) is 1. The maximum Gasteiger partial charge on any atom is 0.316 e. The van der Waals surface area contributed by atoms with Crippen LogP contribution in [0.15, 0.2) is 24.3 Å². The van der Waals surface area contributed by atoms with Crippen LogP contribution in [0.25, 0.3) is 0 Å². The van der Waals surface area contributed by atoms with Crippen molar-refractivity contribution >= 4 is 17.6 Å². The number of nitrogens with zero attached hydrogens (tertiary/aromatic N) is 1. The smallest absolute Gasteiger partial charge is 0.316 e. The van der Waals surface area contributed by atoms with E-state index in [1.165, 1.54) is 29.2 Å². The van der Waals surface area contributed by atoms with Crippen molar-refractivity contribution in [2.45, 2.75) is 47.1 Å². The summed E-state index contributed by atoms with van der Waals surface area (Å²) in [7, 11) is 0. The molecule has 1 aromatic carbocycles. The highest BCUT2D eigenvalue weighted by molar-refractivity contribution is 6.06. The minimum absolute atomic E-state index is 0.222. The fraction of sp³-hybridized carbons (Fsp3) is 0.529. The van der Waals surface area contributed by atoms with Crippen molar-refractivity contribution in [1.29, 1.82) is 0 Å². The van der Waals surface area contributed by atoms with Crippen LogP contribution >= 0.6 is 0 Å². The number of carboxylic acids is 1. The zero-order valence-corrected chi connectivity index (χ0v) is 13.8. The van der Waals surface area contributed by atoms with E-state index in [9.17, 15) is 19.1 Å². The minimum Gasteiger partial charge on any atom is -0.481 e. The number of halogens is 1. The molecule has 1 rings (SSSR count). The van der Waals surface area contributed by atoms with Crippen molar-refractivity contribution in [3.63, 3.8) is 0 Å². The first kappa shape index (κ1) is 18.1. The SMILES string of the molecule is CC(C)N(C(=O)C(CC(C)(C)C)C(=O)O)c1ccc(F)cc1. The molecule has 0 aliphatic heterocycles. The Hall–Kier alpha value is -1.91. The number of hydrogen-bond acceptors (Lipinski definition) is 2. The van der Waals surface area contributed by atoms with Gasteiger partial charge in [0, 0.05) is 11.7 Å². The van der Waals surface area contributed by atoms with Gasteiger partial charge in [-0.05, 0) is 49.9 Å². The summed E-state index contributed by atoms with van der Waals surface area (Å²) in [6.45, 7) is 9.30. The molecule has 1 amide bonds. The molecule has 122 valence electrons. The lowest BCUT2D eigenvalue weighted by molar-refractivity contribution is -0.147. The number of rotatable bonds is 5. The zero-order valence-electron chi connectivity index (χ0n) is 13.8. The Kier molecular flexibility index (Phi) is 5.69. The molecule has 0 radical (unpaired) electrons. The largest absolute Gasteiger partial charge is 0.481 e. The van der Waals surface area contributed by atoms with Crippen molar-refractivity contribution in [2.24, 2.45) is 11.3 Å². The molecule has 0 fully saturated rings. The summed E-state index contributed by atoms with van der Waals surface area (Å²) in [6.07, 6.45) is 0.242. The third-order valence-electron chi connectivity index (χ3n) is 3.27. The minimum atomic E-state index is -1.13. The first-order valence-corrected chi connectivity index (χ1v) is 7.34. The lowest BCUT2D eigenvalue weighted by Crippen LogP contribution is -2.44. The highest BCUT2D eigenvalue weighted by Crippen LogP contribution is 2.28. The molecule has 0 aliphatic rings. The fourth-order valence-electron chi connectivity index (χ4n) is 2.34. The fourth-order valence-corrected chi connectivity index (χ4v) is 2.34. The molecule has 0 aliphatic carbocycles. The molecule has 1 atom stereocenters. The second kappa shape index (κ2) is 6.90. The Morgan fingerprint density at radius 1 is 1.18 bits per heavy atom. The van der Waals surface area contributed by atoms with Crippen LogP contribution in [0.5, 0.6) is 0 Å². The quantitative estimate of drug-likeness (QED) is 0.844. The second-order valence-corrected chi connectivity index (χ2v) is 6.93. The van der Waals surface area contributed by atoms with E-state index in [4.69, 9.17) is 0 Å². The van der Waals surface area contributed by atoms with E-state index in [0.29, 0.717) is 5.69 Å². The molecule has 1 N–H and O–H groups in total. The summed E-state index contributed by atoms with van der Waals surface area (Å²) in [5.74, 6) is -3.12. The van der Waals surface area contributed by atoms with Crippen molar-refractivity contribution < 1.29 is 19.1 Å². The predicted molar refractivity (Wildman–Crippen MR) is 84.2 cm³/mol. The molecular weight excluding hydrogens is 285 g/mol. The summed E-state index contributed by atoms with van der Waals surface area (Å²) in [5, 5.41) is 9.42. The number of benzene rings is 1. The van der Waals surface area contributed by atoms with E-state index in [-0.39, 0.29) is 17.9 Å². The normalized spacial score (nSPS) is 13.0. The summed E-state index contributed by atoms with van der Waals surface area (Å²) < 4.78 is 13.1. The second-order valence-electron chi connectivity index (χ2n) is 6.93. The lowest BCUT2D eigenvalue weighted by atomic mass is 9.84. The Labute approximate surface area is 130 Å². The average Bonchev–Trinajstić information content (AvgIpc) is 2.36. The summed E-state index contributed by atoms with van der Waals surface area (Å²) in [5.41, 5.74) is 0.214. The standard InChI is InChI=1S/C17H24FNO3/c1-11(2)19(13-8-6-12(18)7-9-13)15(20)14(16(21)22)10-17(3,4)5/h6-9,11,14H,10H2,1-5H3,(H,21,22). The summed E-state index contributed by atoms with van der Waals surface area (Å²) in [6, 6.07) is 5.28. The van der Waals surface area contributed by atoms with Gasteiger partial charge in [-0.1, -0.05) is 20.8 Å². The van der Waals surface area contributed by atoms with Crippen LogP contribution in [-0.4, -0.2) is 23.0 Å². The highest BCUT2D eigenvalue weighted by Gasteiger charge is 2.35. The molecule has 0 heterocycles. The maximum absolute atomic E-state index is 13.1. The van der Waals surface area contributed by atoms with Gasteiger partial charge in [-0.15, -0.1) is 0 Å². The van der Waals surface area contributed by atoms with Gasteiger partial charge in [-0.2, -0.15) is 0 Å². The van der Waals surface area contributed by atoms with Crippen molar-refractivity contribution in [2.75, 3.05) is 4.90 Å². The van der Waals surface area contributed by atoms with Gasteiger partial charge in [0.15, 0.2) is 0 Å². The number of anilines is 1. The first-order valence-electron chi connectivity index (χ1n) is 7.34. The molecule has 1 unspecified atom stereocenters. The number of carbonyl (C=O) groups is 2. The van der Waals surface area contributed by atoms with Crippen LogP contribution in [0.2, 0.25) is 0 Å². The monoisotopic (exact) mass is 309 g/mol. The zero-order chi connectivity index (χ0) is 17.1. The van der Waals surface area contributed by atoms with Crippen molar-refractivity contribution in [3.8, 4) is 0 Å². The molecule has 5 heteroatoms. The van der Waals surface area contributed by atoms with Crippen LogP contribution in [0.1, 0.15) is 41.0 Å². The Morgan fingerprint density at radius 2 is 1.68 bits per heavy atom. The summed E-state index contributed by atoms with van der Waals surface area (Å²) >= 11 is 0. The molecule has 0 spiro atoms. The Bertz CT molecular complexity index is 532. The topological polar surface area (TPSA) is 57.6 Å². The third kappa shape index (κ3) is 4.83. The van der Waals surface area contributed by atoms with Crippen molar-refractivity contribution in [1.82, 2.24) is 0 Å². The lowest BCUT2D eigenvalue weighted by Gasteiger charge is -2.31. The van der Waals surface area contributed by atoms with Gasteiger partial charge in [0.1, 0.15) is 11.7 Å². The van der Waals surface area contributed by atoms with Gasteiger partial charge in [0.05, 0.1) is 0 Å². The number of carboxylic acid groups (broad SMARTS) is 1. The van der Waals surface area contributed by atoms with Crippen molar-refractivity contribution in [3.05, 3.63) is 30.1 Å². The van der Waals surface area contributed by atoms with Gasteiger partial charge in [0.2, 0.25) is 5.91 Å². The molecule has 0 saturated carbocycles. The maximum atomic E-state index is 13.1. The van der Waals surface area contributed by atoms with E-state index in [2.05, 4.69) is 0 Å². The third-order valence-corrected chi connectivity index (χ3v) is 3.27. The van der Waals surface area contributed by atoms with Crippen LogP contribution in [0.3, 0.4) is 0 Å². The van der Waals surface area contributed by atoms with Crippen LogP contribution in [-0.2, 0) is 9.59 Å². The molecule has 0 saturated heterocycles. The van der Waals surface area contributed by atoms with Crippen LogP contribution in [0, 0.1) is 17.2 Å². The van der Waals surface area contributed by atoms with E-state index in [1.54, 1.807) is 13.8 Å². The van der Waals surface area contributed by atoms with E-state index < -0.39 is 23.6 Å². The molecular formula is C17H24FNO3. The van der Waals surface area contributed by atoms with Gasteiger partial charge in [-0.3, -0.25) is 9.59 Å². The van der Waals surface area contributed by atoms with Gasteiger partial charge < -0.3 is 10.0 Å². The van der Waals surface area contributed by atoms with E-state index in [0.717, 1.165) is 0 Å². The number of aliphatic carboxylic acids is 1. The molecule has 1 aromatic rings. The molecule has 4 nitrogen and oxygen atoms in total. The molecule has 0 aromatic heterocycles. The van der Waals surface area contributed by atoms with Gasteiger partial charge >= 0.3 is 5.97 Å². The summed E-state index contributed by atoms with van der Waals surface area (Å²) in [4.78, 5) is 25.7. The number of carbonyl (C=O) groups excluding carboxylic acids is 1. The van der Waals surface area contributed by atoms with E-state index >= 15 is 0 Å². The average molecular weight is 309 g/mol. The highest BCUT2D eigenvalue weighted by atomic mass is 19.1. The number of amides is 1. The molecule has 22 heavy (non-hydrogen) atoms.